The van der Waals surface area contributed by atoms with Gasteiger partial charge in [0.2, 0.25) is 0 Å². The summed E-state index contributed by atoms with van der Waals surface area (Å²) >= 11 is 0. The van der Waals surface area contributed by atoms with Crippen LogP contribution in [0.15, 0.2) is 24.3 Å². The van der Waals surface area contributed by atoms with Crippen LogP contribution in [0.4, 0.5) is 5.69 Å². The lowest BCUT2D eigenvalue weighted by molar-refractivity contribution is -0.385. The van der Waals surface area contributed by atoms with Crippen LogP contribution in [0.3, 0.4) is 0 Å². The van der Waals surface area contributed by atoms with Crippen molar-refractivity contribution in [1.82, 2.24) is 0 Å². The second kappa shape index (κ2) is 6.66. The van der Waals surface area contributed by atoms with E-state index in [2.05, 4.69) is 0 Å². The number of aliphatic hydroxyl groups excluding tert-OH is 1. The minimum atomic E-state index is -0.459. The summed E-state index contributed by atoms with van der Waals surface area (Å²) in [4.78, 5) is 10.6. The van der Waals surface area contributed by atoms with Crippen LogP contribution in [0.5, 0.6) is 0 Å². The molecule has 1 aromatic rings. The Kier molecular flexibility index (Phi) is 4.91. The number of nitro benzene ring substituents is 1. The summed E-state index contributed by atoms with van der Waals surface area (Å²) in [7, 11) is 0. The molecule has 1 fully saturated rings. The third-order valence-electron chi connectivity index (χ3n) is 4.06. The Balaban J connectivity index is 2.05. The fourth-order valence-electron chi connectivity index (χ4n) is 2.95. The third-order valence-corrected chi connectivity index (χ3v) is 4.06. The molecule has 0 aliphatic heterocycles. The van der Waals surface area contributed by atoms with Gasteiger partial charge in [-0.05, 0) is 18.8 Å². The van der Waals surface area contributed by atoms with Crippen LogP contribution in [-0.2, 0) is 6.42 Å². The van der Waals surface area contributed by atoms with Crippen LogP contribution in [0.1, 0.15) is 44.1 Å². The van der Waals surface area contributed by atoms with Gasteiger partial charge in [0.05, 0.1) is 11.0 Å². The number of hydrogen-bond acceptors (Lipinski definition) is 3. The maximum absolute atomic E-state index is 11.0. The van der Waals surface area contributed by atoms with Crippen LogP contribution < -0.4 is 0 Å². The van der Waals surface area contributed by atoms with Gasteiger partial charge in [0, 0.05) is 18.1 Å². The lowest BCUT2D eigenvalue weighted by Crippen LogP contribution is -2.22. The zero-order valence-electron chi connectivity index (χ0n) is 11.1. The summed E-state index contributed by atoms with van der Waals surface area (Å²) in [6, 6.07) is 6.72. The molecule has 1 N–H and O–H groups in total. The molecule has 104 valence electrons. The molecule has 4 nitrogen and oxygen atoms in total. The first-order valence-electron chi connectivity index (χ1n) is 7.09. The van der Waals surface area contributed by atoms with Crippen molar-refractivity contribution in [2.45, 2.75) is 51.0 Å². The van der Waals surface area contributed by atoms with Crippen LogP contribution >= 0.6 is 0 Å². The largest absolute Gasteiger partial charge is 0.392 e. The van der Waals surface area contributed by atoms with Crippen LogP contribution in [0.25, 0.3) is 0 Å². The van der Waals surface area contributed by atoms with Gasteiger partial charge in [0.25, 0.3) is 5.69 Å². The molecular weight excluding hydrogens is 242 g/mol. The molecule has 1 aliphatic rings. The molecule has 19 heavy (non-hydrogen) atoms. The van der Waals surface area contributed by atoms with Crippen molar-refractivity contribution >= 4 is 5.69 Å². The highest BCUT2D eigenvalue weighted by Gasteiger charge is 2.23. The molecule has 1 atom stereocenters. The molecule has 4 heteroatoms. The number of nitrogens with zero attached hydrogens (tertiary/aromatic N) is 1. The van der Waals surface area contributed by atoms with Crippen molar-refractivity contribution in [2.24, 2.45) is 5.92 Å². The molecule has 0 heterocycles. The Morgan fingerprint density at radius 1 is 1.21 bits per heavy atom. The Morgan fingerprint density at radius 2 is 1.84 bits per heavy atom. The predicted octanol–water partition coefficient (Wildman–Crippen LogP) is 3.47. The Hall–Kier alpha value is -1.42. The fraction of sp³-hybridized carbons (Fsp3) is 0.600. The van der Waals surface area contributed by atoms with Gasteiger partial charge in [-0.1, -0.05) is 43.9 Å². The van der Waals surface area contributed by atoms with Gasteiger partial charge in [0.15, 0.2) is 0 Å². The highest BCUT2D eigenvalue weighted by molar-refractivity contribution is 5.40. The van der Waals surface area contributed by atoms with Gasteiger partial charge in [-0.15, -0.1) is 0 Å². The van der Waals surface area contributed by atoms with E-state index in [1.807, 2.05) is 0 Å². The molecule has 0 amide bonds. The maximum Gasteiger partial charge on any atom is 0.272 e. The second-order valence-corrected chi connectivity index (χ2v) is 5.41. The molecule has 0 aromatic heterocycles. The Morgan fingerprint density at radius 3 is 2.47 bits per heavy atom. The number of hydrogen-bond donors (Lipinski definition) is 1. The van der Waals surface area contributed by atoms with E-state index in [-0.39, 0.29) is 10.6 Å². The van der Waals surface area contributed by atoms with E-state index in [0.717, 1.165) is 12.8 Å². The molecule has 1 saturated carbocycles. The van der Waals surface area contributed by atoms with Crippen LogP contribution in [0.2, 0.25) is 0 Å². The second-order valence-electron chi connectivity index (χ2n) is 5.41. The summed E-state index contributed by atoms with van der Waals surface area (Å²) in [5.41, 5.74) is 0.763. The smallest absolute Gasteiger partial charge is 0.272 e. The van der Waals surface area contributed by atoms with Gasteiger partial charge in [-0.25, -0.2) is 0 Å². The average Bonchev–Trinajstić information content (AvgIpc) is 2.68. The zero-order chi connectivity index (χ0) is 13.7. The van der Waals surface area contributed by atoms with Gasteiger partial charge in [-0.3, -0.25) is 10.1 Å². The molecule has 2 rings (SSSR count). The summed E-state index contributed by atoms with van der Waals surface area (Å²) in [6.07, 6.45) is 6.84. The van der Waals surface area contributed by atoms with Crippen molar-refractivity contribution in [1.29, 1.82) is 0 Å². The number of benzene rings is 1. The van der Waals surface area contributed by atoms with E-state index in [1.54, 1.807) is 18.2 Å². The Bertz CT molecular complexity index is 425. The van der Waals surface area contributed by atoms with E-state index in [0.29, 0.717) is 17.9 Å². The van der Waals surface area contributed by atoms with Gasteiger partial charge in [0.1, 0.15) is 0 Å². The van der Waals surface area contributed by atoms with Crippen molar-refractivity contribution in [3.63, 3.8) is 0 Å². The average molecular weight is 263 g/mol. The first kappa shape index (κ1) is 14.0. The van der Waals surface area contributed by atoms with Crippen molar-refractivity contribution in [2.75, 3.05) is 0 Å². The molecule has 1 unspecified atom stereocenters. The maximum atomic E-state index is 11.0. The minimum absolute atomic E-state index is 0.121. The molecule has 0 bridgehead atoms. The van der Waals surface area contributed by atoms with E-state index in [4.69, 9.17) is 0 Å². The predicted molar refractivity (Wildman–Crippen MR) is 74.0 cm³/mol. The lowest BCUT2D eigenvalue weighted by atomic mass is 9.89. The van der Waals surface area contributed by atoms with E-state index in [9.17, 15) is 15.2 Å². The Labute approximate surface area is 113 Å². The molecular formula is C15H21NO3. The fourth-order valence-corrected chi connectivity index (χ4v) is 2.95. The highest BCUT2D eigenvalue weighted by Crippen LogP contribution is 2.28. The summed E-state index contributed by atoms with van der Waals surface area (Å²) in [5, 5.41) is 21.3. The molecule has 1 aromatic carbocycles. The lowest BCUT2D eigenvalue weighted by Gasteiger charge is -2.21. The highest BCUT2D eigenvalue weighted by atomic mass is 16.6. The monoisotopic (exact) mass is 263 g/mol. The molecule has 0 radical (unpaired) electrons. The van der Waals surface area contributed by atoms with Crippen molar-refractivity contribution < 1.29 is 10.0 Å². The van der Waals surface area contributed by atoms with Crippen LogP contribution in [0, 0.1) is 16.0 Å². The number of aliphatic hydroxyl groups is 1. The SMILES string of the molecule is O=[N+]([O-])c1ccccc1CC(O)C1CCCCCC1. The zero-order valence-corrected chi connectivity index (χ0v) is 11.1. The minimum Gasteiger partial charge on any atom is -0.392 e. The summed E-state index contributed by atoms with van der Waals surface area (Å²) in [5.74, 6) is 0.294. The number of nitro groups is 1. The quantitative estimate of drug-likeness (QED) is 0.514. The van der Waals surface area contributed by atoms with Gasteiger partial charge in [-0.2, -0.15) is 0 Å². The van der Waals surface area contributed by atoms with E-state index < -0.39 is 6.10 Å². The van der Waals surface area contributed by atoms with E-state index in [1.165, 1.54) is 31.7 Å². The summed E-state index contributed by atoms with van der Waals surface area (Å²) in [6.45, 7) is 0. The molecule has 1 aliphatic carbocycles. The first-order chi connectivity index (χ1) is 9.18. The van der Waals surface area contributed by atoms with Gasteiger partial charge < -0.3 is 5.11 Å². The topological polar surface area (TPSA) is 63.4 Å². The third kappa shape index (κ3) is 3.77. The number of para-hydroxylation sites is 1. The molecule has 0 spiro atoms. The summed E-state index contributed by atoms with van der Waals surface area (Å²) < 4.78 is 0. The van der Waals surface area contributed by atoms with Gasteiger partial charge >= 0.3 is 0 Å². The first-order valence-corrected chi connectivity index (χ1v) is 7.09. The van der Waals surface area contributed by atoms with Crippen LogP contribution in [-0.4, -0.2) is 16.1 Å². The van der Waals surface area contributed by atoms with Crippen molar-refractivity contribution in [3.8, 4) is 0 Å². The number of rotatable bonds is 4. The molecule has 0 saturated heterocycles. The van der Waals surface area contributed by atoms with E-state index >= 15 is 0 Å². The van der Waals surface area contributed by atoms with Crippen molar-refractivity contribution in [3.05, 3.63) is 39.9 Å². The standard InChI is InChI=1S/C15H21NO3/c17-15(12-7-3-1-2-4-8-12)11-13-9-5-6-10-14(13)16(18)19/h5-6,9-10,12,15,17H,1-4,7-8,11H2. The normalized spacial score (nSPS) is 18.8.